The Kier molecular flexibility index (Phi) is 6.33. The van der Waals surface area contributed by atoms with Crippen molar-refractivity contribution >= 4 is 21.8 Å². The second-order valence-electron chi connectivity index (χ2n) is 4.67. The molecule has 100 valence electrons. The first-order chi connectivity index (χ1) is 8.56. The Balaban J connectivity index is 2.76. The fourth-order valence-corrected chi connectivity index (χ4v) is 2.19. The lowest BCUT2D eigenvalue weighted by atomic mass is 10.1. The highest BCUT2D eigenvalue weighted by Crippen LogP contribution is 2.13. The van der Waals surface area contributed by atoms with Crippen LogP contribution >= 0.6 is 15.9 Å². The lowest BCUT2D eigenvalue weighted by Crippen LogP contribution is -2.37. The van der Waals surface area contributed by atoms with Gasteiger partial charge in [0.05, 0.1) is 0 Å². The van der Waals surface area contributed by atoms with Gasteiger partial charge in [-0.3, -0.25) is 4.79 Å². The number of nitrogens with zero attached hydrogens (tertiary/aromatic N) is 2. The largest absolute Gasteiger partial charge is 0.336 e. The number of carbonyl (C=O) groups is 1. The van der Waals surface area contributed by atoms with Gasteiger partial charge in [-0.2, -0.15) is 0 Å². The fraction of sp³-hybridized carbons (Fsp3) is 0.571. The zero-order chi connectivity index (χ0) is 13.5. The molecule has 18 heavy (non-hydrogen) atoms. The third-order valence-electron chi connectivity index (χ3n) is 2.86. The van der Waals surface area contributed by atoms with Gasteiger partial charge >= 0.3 is 0 Å². The monoisotopic (exact) mass is 312 g/mol. The molecule has 0 aliphatic heterocycles. The zero-order valence-corrected chi connectivity index (χ0v) is 12.9. The Morgan fingerprint density at radius 1 is 1.44 bits per heavy atom. The molecule has 0 saturated heterocycles. The molecule has 0 unspecified atom stereocenters. The first kappa shape index (κ1) is 15.2. The van der Waals surface area contributed by atoms with Crippen molar-refractivity contribution < 1.29 is 4.79 Å². The number of carbonyl (C=O) groups excluding carboxylic acids is 1. The summed E-state index contributed by atoms with van der Waals surface area (Å²) in [5.74, 6) is 0.0872. The predicted octanol–water partition coefficient (Wildman–Crippen LogP) is 3.88. The van der Waals surface area contributed by atoms with E-state index < -0.39 is 0 Å². The van der Waals surface area contributed by atoms with E-state index in [1.807, 2.05) is 4.90 Å². The second-order valence-corrected chi connectivity index (χ2v) is 5.48. The molecular formula is C14H21BrN2O. The van der Waals surface area contributed by atoms with E-state index in [0.717, 1.165) is 19.4 Å². The van der Waals surface area contributed by atoms with Crippen LogP contribution in [0.25, 0.3) is 0 Å². The maximum absolute atomic E-state index is 12.4. The van der Waals surface area contributed by atoms with Gasteiger partial charge in [-0.1, -0.05) is 19.8 Å². The number of pyridine rings is 1. The van der Waals surface area contributed by atoms with Gasteiger partial charge in [0, 0.05) is 24.3 Å². The number of amides is 1. The van der Waals surface area contributed by atoms with Crippen LogP contribution in [0.15, 0.2) is 22.9 Å². The van der Waals surface area contributed by atoms with Crippen LogP contribution in [0.5, 0.6) is 0 Å². The van der Waals surface area contributed by atoms with E-state index in [4.69, 9.17) is 0 Å². The van der Waals surface area contributed by atoms with Gasteiger partial charge in [0.25, 0.3) is 5.91 Å². The molecule has 0 bridgehead atoms. The molecule has 0 aliphatic rings. The van der Waals surface area contributed by atoms with E-state index >= 15 is 0 Å². The molecule has 1 rings (SSSR count). The van der Waals surface area contributed by atoms with E-state index in [9.17, 15) is 4.79 Å². The minimum absolute atomic E-state index is 0.0872. The van der Waals surface area contributed by atoms with Crippen molar-refractivity contribution in [3.05, 3.63) is 28.5 Å². The summed E-state index contributed by atoms with van der Waals surface area (Å²) >= 11 is 3.30. The summed E-state index contributed by atoms with van der Waals surface area (Å²) < 4.78 is 0.700. The van der Waals surface area contributed by atoms with Gasteiger partial charge < -0.3 is 4.90 Å². The summed E-state index contributed by atoms with van der Waals surface area (Å²) in [6, 6.07) is 3.76. The standard InChI is InChI=1S/C14H21BrN2O/c1-4-5-6-9-17(11(2)3)14(18)12-7-8-16-13(15)10-12/h7-8,10-11H,4-6,9H2,1-3H3. The zero-order valence-electron chi connectivity index (χ0n) is 11.3. The van der Waals surface area contributed by atoms with Crippen LogP contribution in [0.3, 0.4) is 0 Å². The molecule has 1 heterocycles. The SMILES string of the molecule is CCCCCN(C(=O)c1ccnc(Br)c1)C(C)C. The smallest absolute Gasteiger partial charge is 0.254 e. The van der Waals surface area contributed by atoms with Crippen molar-refractivity contribution in [1.29, 1.82) is 0 Å². The molecule has 0 fully saturated rings. The maximum atomic E-state index is 12.4. The second kappa shape index (κ2) is 7.52. The van der Waals surface area contributed by atoms with Gasteiger partial charge in [0.1, 0.15) is 4.60 Å². The molecular weight excluding hydrogens is 292 g/mol. The average Bonchev–Trinajstić information content (AvgIpc) is 2.33. The van der Waals surface area contributed by atoms with Gasteiger partial charge in [-0.15, -0.1) is 0 Å². The summed E-state index contributed by atoms with van der Waals surface area (Å²) in [4.78, 5) is 18.4. The minimum Gasteiger partial charge on any atom is -0.336 e. The van der Waals surface area contributed by atoms with Crippen LogP contribution in [-0.2, 0) is 0 Å². The molecule has 0 spiro atoms. The highest BCUT2D eigenvalue weighted by Gasteiger charge is 2.18. The highest BCUT2D eigenvalue weighted by molar-refractivity contribution is 9.10. The third-order valence-corrected chi connectivity index (χ3v) is 3.29. The lowest BCUT2D eigenvalue weighted by Gasteiger charge is -2.27. The van der Waals surface area contributed by atoms with E-state index in [0.29, 0.717) is 10.2 Å². The summed E-state index contributed by atoms with van der Waals surface area (Å²) in [6.07, 6.45) is 5.05. The number of halogens is 1. The van der Waals surface area contributed by atoms with Crippen LogP contribution in [0.4, 0.5) is 0 Å². The van der Waals surface area contributed by atoms with Crippen molar-refractivity contribution in [3.8, 4) is 0 Å². The number of rotatable bonds is 6. The van der Waals surface area contributed by atoms with Crippen molar-refractivity contribution in [2.75, 3.05) is 6.54 Å². The first-order valence-electron chi connectivity index (χ1n) is 6.48. The number of unbranched alkanes of at least 4 members (excludes halogenated alkanes) is 2. The predicted molar refractivity (Wildman–Crippen MR) is 77.6 cm³/mol. The first-order valence-corrected chi connectivity index (χ1v) is 7.28. The summed E-state index contributed by atoms with van der Waals surface area (Å²) in [5.41, 5.74) is 0.696. The minimum atomic E-state index is 0.0872. The highest BCUT2D eigenvalue weighted by atomic mass is 79.9. The summed E-state index contributed by atoms with van der Waals surface area (Å²) in [5, 5.41) is 0. The molecule has 0 N–H and O–H groups in total. The molecule has 0 atom stereocenters. The fourth-order valence-electron chi connectivity index (χ4n) is 1.83. The van der Waals surface area contributed by atoms with Crippen molar-refractivity contribution in [1.82, 2.24) is 9.88 Å². The molecule has 0 radical (unpaired) electrons. The Bertz CT molecular complexity index is 393. The van der Waals surface area contributed by atoms with Crippen LogP contribution in [0.1, 0.15) is 50.4 Å². The number of hydrogen-bond acceptors (Lipinski definition) is 2. The Morgan fingerprint density at radius 2 is 2.17 bits per heavy atom. The molecule has 1 amide bonds. The van der Waals surface area contributed by atoms with Crippen molar-refractivity contribution in [3.63, 3.8) is 0 Å². The van der Waals surface area contributed by atoms with Gasteiger partial charge in [-0.25, -0.2) is 4.98 Å². The van der Waals surface area contributed by atoms with E-state index in [1.54, 1.807) is 18.3 Å². The Labute approximate surface area is 118 Å². The van der Waals surface area contributed by atoms with Crippen molar-refractivity contribution in [2.45, 2.75) is 46.1 Å². The molecule has 1 aromatic rings. The lowest BCUT2D eigenvalue weighted by molar-refractivity contribution is 0.0702. The Hall–Kier alpha value is -0.900. The van der Waals surface area contributed by atoms with E-state index in [-0.39, 0.29) is 11.9 Å². The third kappa shape index (κ3) is 4.41. The molecule has 0 aromatic carbocycles. The topological polar surface area (TPSA) is 33.2 Å². The summed E-state index contributed by atoms with van der Waals surface area (Å²) in [7, 11) is 0. The van der Waals surface area contributed by atoms with Crippen LogP contribution in [0, 0.1) is 0 Å². The van der Waals surface area contributed by atoms with Crippen LogP contribution < -0.4 is 0 Å². The summed E-state index contributed by atoms with van der Waals surface area (Å²) in [6.45, 7) is 7.10. The quantitative estimate of drug-likeness (QED) is 0.590. The molecule has 0 saturated carbocycles. The Morgan fingerprint density at radius 3 is 2.72 bits per heavy atom. The van der Waals surface area contributed by atoms with Crippen LogP contribution in [0.2, 0.25) is 0 Å². The normalized spacial score (nSPS) is 10.7. The van der Waals surface area contributed by atoms with E-state index in [1.165, 1.54) is 6.42 Å². The van der Waals surface area contributed by atoms with Crippen LogP contribution in [-0.4, -0.2) is 28.4 Å². The van der Waals surface area contributed by atoms with Gasteiger partial charge in [0.15, 0.2) is 0 Å². The number of hydrogen-bond donors (Lipinski definition) is 0. The molecule has 1 aromatic heterocycles. The molecule has 0 aliphatic carbocycles. The number of aromatic nitrogens is 1. The maximum Gasteiger partial charge on any atom is 0.254 e. The van der Waals surface area contributed by atoms with Crippen molar-refractivity contribution in [2.24, 2.45) is 0 Å². The molecule has 3 nitrogen and oxygen atoms in total. The molecule has 4 heteroatoms. The van der Waals surface area contributed by atoms with Gasteiger partial charge in [-0.05, 0) is 48.3 Å². The van der Waals surface area contributed by atoms with E-state index in [2.05, 4.69) is 41.7 Å². The average molecular weight is 313 g/mol. The van der Waals surface area contributed by atoms with Gasteiger partial charge in [0.2, 0.25) is 0 Å².